The van der Waals surface area contributed by atoms with Crippen LogP contribution in [0, 0.1) is 0 Å². The standard InChI is InChI=1S/C23H24N2O5/c1-16(10-11-17-6-3-2-4-7-17)24-20(26)15-30-23(29)18-8-5-9-19(14-18)25-21(27)12-13-22(25)28/h2-9,14,16H,10-13,15H2,1H3,(H,24,26)/t16-/m0/s1. The average Bonchev–Trinajstić information content (AvgIpc) is 3.09. The molecule has 1 N–H and O–H groups in total. The van der Waals surface area contributed by atoms with E-state index in [0.29, 0.717) is 5.69 Å². The summed E-state index contributed by atoms with van der Waals surface area (Å²) in [5.41, 5.74) is 1.70. The molecule has 0 bridgehead atoms. The van der Waals surface area contributed by atoms with Crippen LogP contribution in [0.15, 0.2) is 54.6 Å². The molecule has 0 spiro atoms. The summed E-state index contributed by atoms with van der Waals surface area (Å²) in [4.78, 5) is 49.2. The fraction of sp³-hybridized carbons (Fsp3) is 0.304. The van der Waals surface area contributed by atoms with Crippen molar-refractivity contribution in [3.8, 4) is 0 Å². The molecule has 1 atom stereocenters. The van der Waals surface area contributed by atoms with Crippen LogP contribution in [-0.2, 0) is 25.5 Å². The number of aryl methyl sites for hydroxylation is 1. The highest BCUT2D eigenvalue weighted by Crippen LogP contribution is 2.23. The van der Waals surface area contributed by atoms with E-state index in [-0.39, 0.29) is 42.2 Å². The van der Waals surface area contributed by atoms with Crippen LogP contribution in [0.4, 0.5) is 5.69 Å². The van der Waals surface area contributed by atoms with Gasteiger partial charge >= 0.3 is 5.97 Å². The molecule has 0 aliphatic carbocycles. The summed E-state index contributed by atoms with van der Waals surface area (Å²) in [6.07, 6.45) is 1.93. The molecule has 3 amide bonds. The van der Waals surface area contributed by atoms with E-state index in [1.807, 2.05) is 37.3 Å². The number of hydrogen-bond acceptors (Lipinski definition) is 5. The van der Waals surface area contributed by atoms with Gasteiger partial charge in [-0.25, -0.2) is 4.79 Å². The van der Waals surface area contributed by atoms with Crippen LogP contribution in [0.25, 0.3) is 0 Å². The Morgan fingerprint density at radius 2 is 1.73 bits per heavy atom. The van der Waals surface area contributed by atoms with E-state index in [9.17, 15) is 19.2 Å². The molecule has 1 saturated heterocycles. The SMILES string of the molecule is C[C@@H](CCc1ccccc1)NC(=O)COC(=O)c1cccc(N2C(=O)CCC2=O)c1. The predicted octanol–water partition coefficient (Wildman–Crippen LogP) is 2.63. The van der Waals surface area contributed by atoms with E-state index in [1.54, 1.807) is 12.1 Å². The smallest absolute Gasteiger partial charge is 0.338 e. The van der Waals surface area contributed by atoms with Crippen LogP contribution in [0.3, 0.4) is 0 Å². The van der Waals surface area contributed by atoms with Gasteiger partial charge in [0.05, 0.1) is 11.3 Å². The van der Waals surface area contributed by atoms with Crippen LogP contribution >= 0.6 is 0 Å². The quantitative estimate of drug-likeness (QED) is 0.535. The molecule has 1 heterocycles. The summed E-state index contributed by atoms with van der Waals surface area (Å²) < 4.78 is 5.09. The molecule has 156 valence electrons. The second-order valence-electron chi connectivity index (χ2n) is 7.24. The van der Waals surface area contributed by atoms with Gasteiger partial charge in [0.25, 0.3) is 5.91 Å². The first-order valence-electron chi connectivity index (χ1n) is 9.90. The molecule has 0 radical (unpaired) electrons. The maximum absolute atomic E-state index is 12.3. The van der Waals surface area contributed by atoms with E-state index < -0.39 is 12.6 Å². The molecular weight excluding hydrogens is 384 g/mol. The molecule has 7 nitrogen and oxygen atoms in total. The number of carbonyl (C=O) groups is 4. The van der Waals surface area contributed by atoms with Gasteiger partial charge in [0.15, 0.2) is 6.61 Å². The van der Waals surface area contributed by atoms with Crippen molar-refractivity contribution < 1.29 is 23.9 Å². The minimum Gasteiger partial charge on any atom is -0.452 e. The molecule has 2 aromatic rings. The fourth-order valence-electron chi connectivity index (χ4n) is 3.27. The van der Waals surface area contributed by atoms with Gasteiger partial charge in [0.1, 0.15) is 0 Å². The van der Waals surface area contributed by atoms with Gasteiger partial charge in [-0.05, 0) is 43.5 Å². The maximum Gasteiger partial charge on any atom is 0.338 e. The van der Waals surface area contributed by atoms with Crippen LogP contribution in [0.1, 0.15) is 42.1 Å². The van der Waals surface area contributed by atoms with Crippen molar-refractivity contribution in [1.82, 2.24) is 5.32 Å². The van der Waals surface area contributed by atoms with Gasteiger partial charge in [0.2, 0.25) is 11.8 Å². The topological polar surface area (TPSA) is 92.8 Å². The Hall–Kier alpha value is -3.48. The van der Waals surface area contributed by atoms with Gasteiger partial charge in [0, 0.05) is 18.9 Å². The molecule has 1 fully saturated rings. The molecule has 30 heavy (non-hydrogen) atoms. The number of nitrogens with zero attached hydrogens (tertiary/aromatic N) is 1. The Bertz CT molecular complexity index is 926. The number of nitrogens with one attached hydrogen (secondary N) is 1. The molecule has 0 unspecified atom stereocenters. The van der Waals surface area contributed by atoms with Crippen molar-refractivity contribution in [2.75, 3.05) is 11.5 Å². The molecule has 1 aliphatic rings. The van der Waals surface area contributed by atoms with Crippen molar-refractivity contribution in [2.45, 2.75) is 38.6 Å². The van der Waals surface area contributed by atoms with E-state index in [0.717, 1.165) is 17.7 Å². The third-order valence-electron chi connectivity index (χ3n) is 4.84. The van der Waals surface area contributed by atoms with E-state index in [2.05, 4.69) is 5.32 Å². The molecule has 7 heteroatoms. The molecule has 2 aromatic carbocycles. The average molecular weight is 408 g/mol. The summed E-state index contributed by atoms with van der Waals surface area (Å²) in [6, 6.07) is 16.0. The Morgan fingerprint density at radius 3 is 2.43 bits per heavy atom. The summed E-state index contributed by atoms with van der Waals surface area (Å²) in [6.45, 7) is 1.50. The Labute approximate surface area is 175 Å². The van der Waals surface area contributed by atoms with Gasteiger partial charge in [-0.3, -0.25) is 19.3 Å². The minimum atomic E-state index is -0.692. The molecule has 0 aromatic heterocycles. The van der Waals surface area contributed by atoms with E-state index >= 15 is 0 Å². The number of rotatable bonds is 8. The largest absolute Gasteiger partial charge is 0.452 e. The number of amides is 3. The first kappa shape index (κ1) is 21.2. The third-order valence-corrected chi connectivity index (χ3v) is 4.84. The number of imide groups is 1. The van der Waals surface area contributed by atoms with Crippen molar-refractivity contribution >= 4 is 29.4 Å². The lowest BCUT2D eigenvalue weighted by atomic mass is 10.1. The number of anilines is 1. The van der Waals surface area contributed by atoms with Crippen molar-refractivity contribution in [2.24, 2.45) is 0 Å². The Morgan fingerprint density at radius 1 is 1.03 bits per heavy atom. The number of esters is 1. The van der Waals surface area contributed by atoms with Gasteiger partial charge in [-0.1, -0.05) is 36.4 Å². The number of ether oxygens (including phenoxy) is 1. The van der Waals surface area contributed by atoms with E-state index in [1.165, 1.54) is 17.7 Å². The molecule has 0 saturated carbocycles. The second kappa shape index (κ2) is 9.82. The van der Waals surface area contributed by atoms with Crippen molar-refractivity contribution in [3.63, 3.8) is 0 Å². The number of benzene rings is 2. The lowest BCUT2D eigenvalue weighted by molar-refractivity contribution is -0.125. The highest BCUT2D eigenvalue weighted by Gasteiger charge is 2.30. The van der Waals surface area contributed by atoms with Crippen molar-refractivity contribution in [1.29, 1.82) is 0 Å². The predicted molar refractivity (Wildman–Crippen MR) is 111 cm³/mol. The highest BCUT2D eigenvalue weighted by molar-refractivity contribution is 6.20. The summed E-state index contributed by atoms with van der Waals surface area (Å²) in [5.74, 6) is -1.67. The van der Waals surface area contributed by atoms with Crippen LogP contribution in [0.2, 0.25) is 0 Å². The summed E-state index contributed by atoms with van der Waals surface area (Å²) in [5, 5.41) is 2.81. The molecule has 1 aliphatic heterocycles. The fourth-order valence-corrected chi connectivity index (χ4v) is 3.27. The van der Waals surface area contributed by atoms with Gasteiger partial charge in [-0.15, -0.1) is 0 Å². The van der Waals surface area contributed by atoms with Crippen LogP contribution < -0.4 is 10.2 Å². The normalized spacial score (nSPS) is 14.5. The summed E-state index contributed by atoms with van der Waals surface area (Å²) in [7, 11) is 0. The molecule has 3 rings (SSSR count). The Kier molecular flexibility index (Phi) is 6.95. The van der Waals surface area contributed by atoms with Gasteiger partial charge < -0.3 is 10.1 Å². The lowest BCUT2D eigenvalue weighted by Gasteiger charge is -2.15. The monoisotopic (exact) mass is 408 g/mol. The lowest BCUT2D eigenvalue weighted by Crippen LogP contribution is -2.36. The zero-order valence-corrected chi connectivity index (χ0v) is 16.8. The molecular formula is C23H24N2O5. The zero-order chi connectivity index (χ0) is 21.5. The summed E-state index contributed by atoms with van der Waals surface area (Å²) >= 11 is 0. The number of carbonyl (C=O) groups excluding carboxylic acids is 4. The van der Waals surface area contributed by atoms with Gasteiger partial charge in [-0.2, -0.15) is 0 Å². The van der Waals surface area contributed by atoms with Crippen LogP contribution in [-0.4, -0.2) is 36.3 Å². The first-order valence-corrected chi connectivity index (χ1v) is 9.90. The Balaban J connectivity index is 1.48. The zero-order valence-electron chi connectivity index (χ0n) is 16.8. The maximum atomic E-state index is 12.3. The minimum absolute atomic E-state index is 0.0630. The van der Waals surface area contributed by atoms with Crippen LogP contribution in [0.5, 0.6) is 0 Å². The van der Waals surface area contributed by atoms with E-state index in [4.69, 9.17) is 4.74 Å². The van der Waals surface area contributed by atoms with Crippen molar-refractivity contribution in [3.05, 3.63) is 65.7 Å². The first-order chi connectivity index (χ1) is 14.4. The number of hydrogen-bond donors (Lipinski definition) is 1. The highest BCUT2D eigenvalue weighted by atomic mass is 16.5. The second-order valence-corrected chi connectivity index (χ2v) is 7.24. The third kappa shape index (κ3) is 5.53.